The molecule has 4 aliphatic carbocycles. The minimum Gasteiger partial charge on any atom is -0.390 e. The molecule has 7 rings (SSSR count). The fourth-order valence-corrected chi connectivity index (χ4v) is 6.34. The number of aliphatic hydroxyl groups is 2. The molecule has 3 heterocycles. The van der Waals surface area contributed by atoms with E-state index < -0.39 is 5.60 Å². The Balaban J connectivity index is 1.47. The fourth-order valence-electron chi connectivity index (χ4n) is 6.34. The number of aromatic nitrogens is 4. The van der Waals surface area contributed by atoms with Crippen molar-refractivity contribution in [3.63, 3.8) is 0 Å². The summed E-state index contributed by atoms with van der Waals surface area (Å²) in [6.45, 7) is -0.270. The summed E-state index contributed by atoms with van der Waals surface area (Å²) in [7, 11) is 0. The van der Waals surface area contributed by atoms with Crippen molar-refractivity contribution in [1.82, 2.24) is 19.8 Å². The predicted octanol–water partition coefficient (Wildman–Crippen LogP) is 2.37. The van der Waals surface area contributed by atoms with Crippen LogP contribution in [0.15, 0.2) is 29.0 Å². The highest BCUT2D eigenvalue weighted by atomic mass is 16.5. The van der Waals surface area contributed by atoms with E-state index in [2.05, 4.69) is 20.6 Å². The van der Waals surface area contributed by atoms with Gasteiger partial charge in [0.15, 0.2) is 5.82 Å². The second-order valence-electron chi connectivity index (χ2n) is 9.04. The molecule has 8 heteroatoms. The molecule has 146 valence electrons. The van der Waals surface area contributed by atoms with Crippen LogP contribution in [-0.4, -0.2) is 41.1 Å². The fraction of sp³-hybridized carbons (Fsp3) is 0.550. The Morgan fingerprint density at radius 1 is 1.25 bits per heavy atom. The number of aliphatic hydroxyl groups excluding tert-OH is 1. The first-order valence-electron chi connectivity index (χ1n) is 9.96. The van der Waals surface area contributed by atoms with Crippen molar-refractivity contribution >= 4 is 11.2 Å². The zero-order valence-corrected chi connectivity index (χ0v) is 15.5. The number of fused-ring (bicyclic) bond motifs is 1. The zero-order chi connectivity index (χ0) is 18.9. The van der Waals surface area contributed by atoms with Gasteiger partial charge in [-0.05, 0) is 62.5 Å². The summed E-state index contributed by atoms with van der Waals surface area (Å²) in [6.07, 6.45) is 9.65. The van der Waals surface area contributed by atoms with Crippen molar-refractivity contribution in [2.24, 2.45) is 11.8 Å². The van der Waals surface area contributed by atoms with Crippen LogP contribution in [0.3, 0.4) is 0 Å². The Kier molecular flexibility index (Phi) is 3.27. The van der Waals surface area contributed by atoms with E-state index in [1.165, 1.54) is 6.42 Å². The number of hydrogen-bond acceptors (Lipinski definition) is 7. The SMILES string of the molecule is OCc1noc(-c2cnn3cccc3c2N[C@@]23C[C@@H]4C[C@@H](CC(O)(C4)C2)C3)n1. The highest BCUT2D eigenvalue weighted by molar-refractivity contribution is 5.86. The van der Waals surface area contributed by atoms with E-state index in [9.17, 15) is 10.2 Å². The lowest BCUT2D eigenvalue weighted by molar-refractivity contribution is -0.127. The lowest BCUT2D eigenvalue weighted by Crippen LogP contribution is -2.62. The molecular formula is C20H23N5O3. The second kappa shape index (κ2) is 5.55. The highest BCUT2D eigenvalue weighted by Crippen LogP contribution is 2.58. The molecule has 0 aliphatic heterocycles. The molecule has 0 amide bonds. The van der Waals surface area contributed by atoms with Crippen LogP contribution in [0.4, 0.5) is 5.69 Å². The molecule has 1 unspecified atom stereocenters. The number of anilines is 1. The first-order valence-corrected chi connectivity index (χ1v) is 9.96. The summed E-state index contributed by atoms with van der Waals surface area (Å²) >= 11 is 0. The number of nitrogens with one attached hydrogen (secondary N) is 1. The summed E-state index contributed by atoms with van der Waals surface area (Å²) in [5, 5.41) is 32.5. The van der Waals surface area contributed by atoms with Gasteiger partial charge in [0.1, 0.15) is 6.61 Å². The largest absolute Gasteiger partial charge is 0.390 e. The molecule has 3 aromatic heterocycles. The van der Waals surface area contributed by atoms with E-state index >= 15 is 0 Å². The van der Waals surface area contributed by atoms with Crippen molar-refractivity contribution in [1.29, 1.82) is 0 Å². The summed E-state index contributed by atoms with van der Waals surface area (Å²) in [5.74, 6) is 1.75. The number of hydrogen-bond donors (Lipinski definition) is 3. The molecular weight excluding hydrogens is 358 g/mol. The Hall–Kier alpha value is -2.45. The number of rotatable bonds is 4. The third-order valence-corrected chi connectivity index (χ3v) is 6.83. The molecule has 28 heavy (non-hydrogen) atoms. The molecule has 4 aliphatic rings. The number of nitrogens with zero attached hydrogens (tertiary/aromatic N) is 4. The summed E-state index contributed by atoms with van der Waals surface area (Å²) in [5.41, 5.74) is 1.89. The molecule has 4 bridgehead atoms. The maximum Gasteiger partial charge on any atom is 0.261 e. The molecule has 3 N–H and O–H groups in total. The van der Waals surface area contributed by atoms with Gasteiger partial charge in [-0.1, -0.05) is 5.16 Å². The van der Waals surface area contributed by atoms with Gasteiger partial charge in [0.2, 0.25) is 0 Å². The Labute approximate surface area is 161 Å². The van der Waals surface area contributed by atoms with Crippen molar-refractivity contribution in [2.45, 2.75) is 56.3 Å². The van der Waals surface area contributed by atoms with Crippen LogP contribution < -0.4 is 5.32 Å². The van der Waals surface area contributed by atoms with Crippen LogP contribution in [-0.2, 0) is 6.61 Å². The molecule has 4 saturated carbocycles. The van der Waals surface area contributed by atoms with Crippen LogP contribution in [0.1, 0.15) is 44.3 Å². The maximum absolute atomic E-state index is 11.1. The minimum atomic E-state index is -0.545. The van der Waals surface area contributed by atoms with Crippen LogP contribution in [0, 0.1) is 11.8 Å². The molecule has 4 atom stereocenters. The third-order valence-electron chi connectivity index (χ3n) is 6.83. The maximum atomic E-state index is 11.1. The molecule has 8 nitrogen and oxygen atoms in total. The van der Waals surface area contributed by atoms with Gasteiger partial charge < -0.3 is 20.1 Å². The summed E-state index contributed by atoms with van der Waals surface area (Å²) in [6, 6.07) is 3.97. The average molecular weight is 381 g/mol. The van der Waals surface area contributed by atoms with Gasteiger partial charge in [-0.15, -0.1) is 0 Å². The quantitative estimate of drug-likeness (QED) is 0.636. The lowest BCUT2D eigenvalue weighted by atomic mass is 9.51. The van der Waals surface area contributed by atoms with E-state index in [0.717, 1.165) is 48.9 Å². The Morgan fingerprint density at radius 3 is 2.79 bits per heavy atom. The molecule has 0 spiro atoms. The zero-order valence-electron chi connectivity index (χ0n) is 15.5. The van der Waals surface area contributed by atoms with Crippen molar-refractivity contribution in [2.75, 3.05) is 5.32 Å². The van der Waals surface area contributed by atoms with Gasteiger partial charge >= 0.3 is 0 Å². The van der Waals surface area contributed by atoms with Crippen LogP contribution in [0.2, 0.25) is 0 Å². The van der Waals surface area contributed by atoms with Gasteiger partial charge in [0.25, 0.3) is 5.89 Å². The lowest BCUT2D eigenvalue weighted by Gasteiger charge is -2.60. The molecule has 0 aromatic carbocycles. The van der Waals surface area contributed by atoms with Crippen molar-refractivity contribution < 1.29 is 14.7 Å². The smallest absolute Gasteiger partial charge is 0.261 e. The van der Waals surface area contributed by atoms with Crippen LogP contribution >= 0.6 is 0 Å². The normalized spacial score (nSPS) is 33.6. The van der Waals surface area contributed by atoms with Crippen LogP contribution in [0.5, 0.6) is 0 Å². The average Bonchev–Trinajstić information content (AvgIpc) is 3.28. The molecule has 0 saturated heterocycles. The Bertz CT molecular complexity index is 1040. The molecule has 0 radical (unpaired) electrons. The monoisotopic (exact) mass is 381 g/mol. The first kappa shape index (κ1) is 16.5. The molecule has 4 fully saturated rings. The van der Waals surface area contributed by atoms with Gasteiger partial charge in [0, 0.05) is 11.7 Å². The first-order chi connectivity index (χ1) is 13.5. The second-order valence-corrected chi connectivity index (χ2v) is 9.04. The minimum absolute atomic E-state index is 0.125. The highest BCUT2D eigenvalue weighted by Gasteiger charge is 2.57. The van der Waals surface area contributed by atoms with Crippen molar-refractivity contribution in [3.05, 3.63) is 30.4 Å². The van der Waals surface area contributed by atoms with E-state index in [1.54, 1.807) is 6.20 Å². The third kappa shape index (κ3) is 2.41. The summed E-state index contributed by atoms with van der Waals surface area (Å²) in [4.78, 5) is 4.29. The van der Waals surface area contributed by atoms with Gasteiger partial charge in [0.05, 0.1) is 28.6 Å². The summed E-state index contributed by atoms with van der Waals surface area (Å²) < 4.78 is 7.21. The Morgan fingerprint density at radius 2 is 2.07 bits per heavy atom. The van der Waals surface area contributed by atoms with Gasteiger partial charge in [-0.2, -0.15) is 10.1 Å². The van der Waals surface area contributed by atoms with E-state index in [1.807, 2.05) is 22.8 Å². The van der Waals surface area contributed by atoms with Gasteiger partial charge in [-0.25, -0.2) is 4.52 Å². The van der Waals surface area contributed by atoms with Gasteiger partial charge in [-0.3, -0.25) is 0 Å². The van der Waals surface area contributed by atoms with Crippen molar-refractivity contribution in [3.8, 4) is 11.5 Å². The van der Waals surface area contributed by atoms with E-state index in [-0.39, 0.29) is 18.0 Å². The van der Waals surface area contributed by atoms with E-state index in [4.69, 9.17) is 4.52 Å². The predicted molar refractivity (Wildman–Crippen MR) is 100 cm³/mol. The standard InChI is InChI=1S/C20H23N5O3/c26-10-16-22-18(28-24-16)14-9-21-25-3-1-2-15(25)17(14)23-19-5-12-4-13(6-19)8-20(27,7-12)11-19/h1-3,9,12-13,23,26-27H,4-8,10-11H2/t12-,13+,19+,20?. The topological polar surface area (TPSA) is 109 Å². The molecule has 3 aromatic rings. The van der Waals surface area contributed by atoms with Crippen LogP contribution in [0.25, 0.3) is 17.0 Å². The van der Waals surface area contributed by atoms with E-state index in [0.29, 0.717) is 17.7 Å².